The van der Waals surface area contributed by atoms with Crippen molar-refractivity contribution >= 4 is 17.6 Å². The summed E-state index contributed by atoms with van der Waals surface area (Å²) in [4.78, 5) is 22.3. The van der Waals surface area contributed by atoms with Crippen LogP contribution < -0.4 is 10.6 Å². The number of carboxylic acid groups (broad SMARTS) is 1. The highest BCUT2D eigenvalue weighted by Gasteiger charge is 2.26. The molecule has 1 aromatic rings. The Bertz CT molecular complexity index is 536. The number of carbonyl (C=O) groups excluding carboxylic acids is 1. The van der Waals surface area contributed by atoms with Gasteiger partial charge in [0.25, 0.3) is 0 Å². The summed E-state index contributed by atoms with van der Waals surface area (Å²) in [6, 6.07) is 0.740. The number of hydrogen-bond donors (Lipinski definition) is 3. The quantitative estimate of drug-likeness (QED) is 0.769. The van der Waals surface area contributed by atoms with Gasteiger partial charge < -0.3 is 15.7 Å². The fraction of sp³-hybridized carbons (Fsp3) is 0.385. The minimum atomic E-state index is -1.42. The maximum atomic E-state index is 13.7. The van der Waals surface area contributed by atoms with Gasteiger partial charge in [0.2, 0.25) is 5.91 Å². The molecule has 7 heteroatoms. The van der Waals surface area contributed by atoms with E-state index in [4.69, 9.17) is 5.11 Å². The van der Waals surface area contributed by atoms with E-state index in [2.05, 4.69) is 10.6 Å². The van der Waals surface area contributed by atoms with E-state index in [0.29, 0.717) is 12.1 Å². The van der Waals surface area contributed by atoms with Crippen LogP contribution in [0.15, 0.2) is 12.1 Å². The second-order valence-corrected chi connectivity index (χ2v) is 4.77. The molecule has 108 valence electrons. The predicted octanol–water partition coefficient (Wildman–Crippen LogP) is 1.74. The van der Waals surface area contributed by atoms with Gasteiger partial charge >= 0.3 is 5.97 Å². The van der Waals surface area contributed by atoms with Crippen LogP contribution in [0.4, 0.5) is 14.5 Å². The van der Waals surface area contributed by atoms with Crippen LogP contribution in [-0.4, -0.2) is 29.1 Å². The zero-order chi connectivity index (χ0) is 14.9. The molecule has 0 aliphatic heterocycles. The van der Waals surface area contributed by atoms with E-state index in [0.717, 1.165) is 12.8 Å². The summed E-state index contributed by atoms with van der Waals surface area (Å²) in [6.07, 6.45) is 1.82. The molecule has 1 aliphatic rings. The van der Waals surface area contributed by atoms with E-state index in [1.807, 2.05) is 0 Å². The molecule has 0 heterocycles. The number of rotatable bonds is 5. The Kier molecular flexibility index (Phi) is 3.87. The van der Waals surface area contributed by atoms with E-state index < -0.39 is 34.9 Å². The summed E-state index contributed by atoms with van der Waals surface area (Å²) in [5, 5.41) is 13.8. The number of aromatic carboxylic acids is 1. The first-order valence-corrected chi connectivity index (χ1v) is 6.17. The minimum absolute atomic E-state index is 0.149. The van der Waals surface area contributed by atoms with E-state index in [1.165, 1.54) is 6.92 Å². The lowest BCUT2D eigenvalue weighted by Gasteiger charge is -2.16. The van der Waals surface area contributed by atoms with E-state index in [9.17, 15) is 18.4 Å². The largest absolute Gasteiger partial charge is 0.478 e. The highest BCUT2D eigenvalue weighted by molar-refractivity contribution is 5.89. The first-order valence-electron chi connectivity index (χ1n) is 6.17. The van der Waals surface area contributed by atoms with Crippen molar-refractivity contribution in [2.75, 3.05) is 5.32 Å². The highest BCUT2D eigenvalue weighted by atomic mass is 19.1. The molecule has 3 N–H and O–H groups in total. The molecular formula is C13H14F2N2O3. The normalized spacial score (nSPS) is 15.6. The molecule has 0 saturated heterocycles. The molecule has 1 unspecified atom stereocenters. The van der Waals surface area contributed by atoms with Gasteiger partial charge in [-0.05, 0) is 31.9 Å². The minimum Gasteiger partial charge on any atom is -0.478 e. The van der Waals surface area contributed by atoms with E-state index in [-0.39, 0.29) is 11.9 Å². The predicted molar refractivity (Wildman–Crippen MR) is 67.6 cm³/mol. The number of nitrogens with one attached hydrogen (secondary N) is 2. The molecule has 1 aromatic carbocycles. The Morgan fingerprint density at radius 1 is 1.30 bits per heavy atom. The summed E-state index contributed by atoms with van der Waals surface area (Å²) in [6.45, 7) is 1.47. The van der Waals surface area contributed by atoms with Crippen LogP contribution >= 0.6 is 0 Å². The molecule has 0 bridgehead atoms. The summed E-state index contributed by atoms with van der Waals surface area (Å²) >= 11 is 0. The van der Waals surface area contributed by atoms with Crippen molar-refractivity contribution in [1.82, 2.24) is 5.32 Å². The van der Waals surface area contributed by atoms with Crippen LogP contribution in [0.1, 0.15) is 30.1 Å². The molecule has 1 fully saturated rings. The molecule has 1 aliphatic carbocycles. The van der Waals surface area contributed by atoms with Gasteiger partial charge in [0.05, 0.1) is 5.56 Å². The molecule has 0 radical (unpaired) electrons. The van der Waals surface area contributed by atoms with Crippen LogP contribution in [0.5, 0.6) is 0 Å². The lowest BCUT2D eigenvalue weighted by Crippen LogP contribution is -2.39. The molecule has 1 amide bonds. The number of anilines is 1. The topological polar surface area (TPSA) is 78.4 Å². The fourth-order valence-electron chi connectivity index (χ4n) is 1.67. The van der Waals surface area contributed by atoms with Crippen molar-refractivity contribution in [3.8, 4) is 0 Å². The maximum absolute atomic E-state index is 13.7. The number of benzene rings is 1. The van der Waals surface area contributed by atoms with Crippen LogP contribution in [0.2, 0.25) is 0 Å². The van der Waals surface area contributed by atoms with Crippen molar-refractivity contribution in [2.24, 2.45) is 0 Å². The third-order valence-corrected chi connectivity index (χ3v) is 2.97. The average molecular weight is 284 g/mol. The van der Waals surface area contributed by atoms with Crippen LogP contribution in [0.3, 0.4) is 0 Å². The molecule has 0 spiro atoms. The smallest absolute Gasteiger partial charge is 0.335 e. The zero-order valence-electron chi connectivity index (χ0n) is 10.7. The summed E-state index contributed by atoms with van der Waals surface area (Å²) < 4.78 is 27.3. The molecule has 2 rings (SSSR count). The third-order valence-electron chi connectivity index (χ3n) is 2.97. The Morgan fingerprint density at radius 2 is 1.85 bits per heavy atom. The number of carbonyl (C=O) groups is 2. The van der Waals surface area contributed by atoms with Crippen molar-refractivity contribution in [3.05, 3.63) is 29.3 Å². The van der Waals surface area contributed by atoms with Gasteiger partial charge in [-0.3, -0.25) is 4.79 Å². The summed E-state index contributed by atoms with van der Waals surface area (Å²) in [5.74, 6) is -3.87. The van der Waals surface area contributed by atoms with Gasteiger partial charge in [0, 0.05) is 6.04 Å². The first kappa shape index (κ1) is 14.2. The van der Waals surface area contributed by atoms with Gasteiger partial charge in [0.15, 0.2) is 0 Å². The number of hydrogen-bond acceptors (Lipinski definition) is 3. The lowest BCUT2D eigenvalue weighted by atomic mass is 10.1. The maximum Gasteiger partial charge on any atom is 0.335 e. The highest BCUT2D eigenvalue weighted by Crippen LogP contribution is 2.22. The van der Waals surface area contributed by atoms with Crippen LogP contribution in [0.25, 0.3) is 0 Å². The van der Waals surface area contributed by atoms with Crippen molar-refractivity contribution in [3.63, 3.8) is 0 Å². The standard InChI is InChI=1S/C13H14F2N2O3/c1-6(12(18)17-8-2-3-8)16-11-9(14)4-7(13(19)20)5-10(11)15/h4-6,8,16H,2-3H2,1H3,(H,17,18)(H,19,20). The second kappa shape index (κ2) is 5.44. The van der Waals surface area contributed by atoms with Crippen molar-refractivity contribution < 1.29 is 23.5 Å². The Morgan fingerprint density at radius 3 is 2.30 bits per heavy atom. The molecule has 1 saturated carbocycles. The molecule has 5 nitrogen and oxygen atoms in total. The molecule has 1 atom stereocenters. The number of amides is 1. The Labute approximate surface area is 114 Å². The molecular weight excluding hydrogens is 270 g/mol. The number of halogens is 2. The zero-order valence-corrected chi connectivity index (χ0v) is 10.7. The third kappa shape index (κ3) is 3.23. The van der Waals surface area contributed by atoms with Gasteiger partial charge in [-0.25, -0.2) is 13.6 Å². The van der Waals surface area contributed by atoms with Crippen LogP contribution in [-0.2, 0) is 4.79 Å². The fourth-order valence-corrected chi connectivity index (χ4v) is 1.67. The van der Waals surface area contributed by atoms with Gasteiger partial charge in [-0.1, -0.05) is 0 Å². The van der Waals surface area contributed by atoms with Gasteiger partial charge in [-0.2, -0.15) is 0 Å². The van der Waals surface area contributed by atoms with E-state index >= 15 is 0 Å². The average Bonchev–Trinajstić information content (AvgIpc) is 3.16. The second-order valence-electron chi connectivity index (χ2n) is 4.77. The first-order chi connectivity index (χ1) is 9.38. The molecule has 0 aromatic heterocycles. The van der Waals surface area contributed by atoms with Gasteiger partial charge in [0.1, 0.15) is 23.4 Å². The van der Waals surface area contributed by atoms with Crippen molar-refractivity contribution in [1.29, 1.82) is 0 Å². The van der Waals surface area contributed by atoms with E-state index in [1.54, 1.807) is 0 Å². The Balaban J connectivity index is 2.11. The Hall–Kier alpha value is -2.18. The summed E-state index contributed by atoms with van der Waals surface area (Å²) in [7, 11) is 0. The summed E-state index contributed by atoms with van der Waals surface area (Å²) in [5.41, 5.74) is -0.992. The number of carboxylic acids is 1. The monoisotopic (exact) mass is 284 g/mol. The van der Waals surface area contributed by atoms with Crippen molar-refractivity contribution in [2.45, 2.75) is 31.8 Å². The van der Waals surface area contributed by atoms with Crippen LogP contribution in [0, 0.1) is 11.6 Å². The van der Waals surface area contributed by atoms with Gasteiger partial charge in [-0.15, -0.1) is 0 Å². The SMILES string of the molecule is CC(Nc1c(F)cc(C(=O)O)cc1F)C(=O)NC1CC1. The molecule has 20 heavy (non-hydrogen) atoms. The lowest BCUT2D eigenvalue weighted by molar-refractivity contribution is -0.121.